The van der Waals surface area contributed by atoms with E-state index in [1.165, 1.54) is 32.8 Å². The lowest BCUT2D eigenvalue weighted by molar-refractivity contribution is 0.0593. The van der Waals surface area contributed by atoms with Crippen molar-refractivity contribution >= 4 is 23.4 Å². The van der Waals surface area contributed by atoms with Crippen molar-refractivity contribution in [3.8, 4) is 0 Å². The Hall–Kier alpha value is -1.23. The van der Waals surface area contributed by atoms with E-state index in [-0.39, 0.29) is 0 Å². The number of thioether (sulfide) groups is 1. The molecule has 1 aromatic heterocycles. The highest BCUT2D eigenvalue weighted by Crippen LogP contribution is 2.36. The first-order valence-electron chi connectivity index (χ1n) is 5.72. The number of hydrogen-bond donors (Lipinski definition) is 1. The normalized spacial score (nSPS) is 16.1. The summed E-state index contributed by atoms with van der Waals surface area (Å²) in [5.74, 6) is -0.418. The molecular formula is C12H16N2O2S. The summed E-state index contributed by atoms with van der Waals surface area (Å²) >= 11 is 1.68. The Morgan fingerprint density at radius 2 is 2.18 bits per heavy atom. The summed E-state index contributed by atoms with van der Waals surface area (Å²) in [5.41, 5.74) is 6.83. The third kappa shape index (κ3) is 2.91. The van der Waals surface area contributed by atoms with Crippen molar-refractivity contribution in [3.05, 3.63) is 17.8 Å². The fourth-order valence-corrected chi connectivity index (χ4v) is 3.17. The molecule has 1 aromatic rings. The number of rotatable bonds is 3. The smallest absolute Gasteiger partial charge is 0.356 e. The van der Waals surface area contributed by atoms with Crippen LogP contribution in [0.3, 0.4) is 0 Å². The van der Waals surface area contributed by atoms with Crippen LogP contribution in [0.4, 0.5) is 5.69 Å². The van der Waals surface area contributed by atoms with Crippen molar-refractivity contribution in [3.63, 3.8) is 0 Å². The van der Waals surface area contributed by atoms with E-state index < -0.39 is 5.97 Å². The second-order valence-electron chi connectivity index (χ2n) is 4.11. The average Bonchev–Trinajstić information content (AvgIpc) is 2.84. The SMILES string of the molecule is COC(=O)c1ccc(N)c(SC2CCCC2)n1. The molecule has 0 unspecified atom stereocenters. The Morgan fingerprint density at radius 3 is 2.82 bits per heavy atom. The minimum Gasteiger partial charge on any atom is -0.464 e. The predicted molar refractivity (Wildman–Crippen MR) is 68.1 cm³/mol. The molecule has 0 spiro atoms. The van der Waals surface area contributed by atoms with Gasteiger partial charge in [0.05, 0.1) is 12.8 Å². The molecule has 1 fully saturated rings. The van der Waals surface area contributed by atoms with Gasteiger partial charge in [-0.3, -0.25) is 0 Å². The van der Waals surface area contributed by atoms with Gasteiger partial charge in [0, 0.05) is 5.25 Å². The van der Waals surface area contributed by atoms with Crippen molar-refractivity contribution in [1.82, 2.24) is 4.98 Å². The molecule has 0 atom stereocenters. The summed E-state index contributed by atoms with van der Waals surface area (Å²) in [7, 11) is 1.35. The van der Waals surface area contributed by atoms with Crippen LogP contribution in [-0.2, 0) is 4.74 Å². The van der Waals surface area contributed by atoms with Gasteiger partial charge in [-0.2, -0.15) is 0 Å². The molecule has 0 saturated heterocycles. The second-order valence-corrected chi connectivity index (χ2v) is 5.40. The number of carbonyl (C=O) groups is 1. The Bertz CT molecular complexity index is 417. The van der Waals surface area contributed by atoms with Crippen LogP contribution in [-0.4, -0.2) is 23.3 Å². The van der Waals surface area contributed by atoms with Gasteiger partial charge in [-0.25, -0.2) is 9.78 Å². The van der Waals surface area contributed by atoms with Crippen molar-refractivity contribution in [2.75, 3.05) is 12.8 Å². The molecular weight excluding hydrogens is 236 g/mol. The van der Waals surface area contributed by atoms with Gasteiger partial charge in [-0.1, -0.05) is 12.8 Å². The van der Waals surface area contributed by atoms with E-state index in [2.05, 4.69) is 9.72 Å². The van der Waals surface area contributed by atoms with Gasteiger partial charge in [0.2, 0.25) is 0 Å². The van der Waals surface area contributed by atoms with E-state index in [1.807, 2.05) is 0 Å². The zero-order valence-electron chi connectivity index (χ0n) is 9.81. The Kier molecular flexibility index (Phi) is 3.89. The van der Waals surface area contributed by atoms with E-state index in [4.69, 9.17) is 5.73 Å². The van der Waals surface area contributed by atoms with Crippen LogP contribution in [0, 0.1) is 0 Å². The number of ether oxygens (including phenoxy) is 1. The van der Waals surface area contributed by atoms with Gasteiger partial charge in [-0.15, -0.1) is 11.8 Å². The summed E-state index contributed by atoms with van der Waals surface area (Å²) in [4.78, 5) is 15.6. The minimum atomic E-state index is -0.418. The maximum Gasteiger partial charge on any atom is 0.356 e. The van der Waals surface area contributed by atoms with Gasteiger partial charge in [-0.05, 0) is 25.0 Å². The highest BCUT2D eigenvalue weighted by atomic mass is 32.2. The average molecular weight is 252 g/mol. The molecule has 2 N–H and O–H groups in total. The third-order valence-electron chi connectivity index (χ3n) is 2.86. The van der Waals surface area contributed by atoms with Crippen molar-refractivity contribution in [2.24, 2.45) is 0 Å². The number of nitrogen functional groups attached to an aromatic ring is 1. The second kappa shape index (κ2) is 5.40. The maximum atomic E-state index is 11.4. The topological polar surface area (TPSA) is 65.2 Å². The largest absolute Gasteiger partial charge is 0.464 e. The molecule has 1 heterocycles. The molecule has 4 nitrogen and oxygen atoms in total. The highest BCUT2D eigenvalue weighted by Gasteiger charge is 2.19. The molecule has 0 amide bonds. The number of esters is 1. The lowest BCUT2D eigenvalue weighted by Gasteiger charge is -2.10. The highest BCUT2D eigenvalue weighted by molar-refractivity contribution is 8.00. The first-order valence-corrected chi connectivity index (χ1v) is 6.60. The Labute approximate surface area is 105 Å². The number of nitrogens with two attached hydrogens (primary N) is 1. The Morgan fingerprint density at radius 1 is 1.47 bits per heavy atom. The van der Waals surface area contributed by atoms with Crippen molar-refractivity contribution in [2.45, 2.75) is 36.0 Å². The number of hydrogen-bond acceptors (Lipinski definition) is 5. The summed E-state index contributed by atoms with van der Waals surface area (Å²) in [5, 5.41) is 1.33. The van der Waals surface area contributed by atoms with Crippen LogP contribution in [0.25, 0.3) is 0 Å². The molecule has 5 heteroatoms. The summed E-state index contributed by atoms with van der Waals surface area (Å²) in [6.45, 7) is 0. The van der Waals surface area contributed by atoms with Crippen LogP contribution in [0.15, 0.2) is 17.2 Å². The monoisotopic (exact) mass is 252 g/mol. The zero-order valence-corrected chi connectivity index (χ0v) is 10.6. The van der Waals surface area contributed by atoms with Gasteiger partial charge >= 0.3 is 5.97 Å². The van der Waals surface area contributed by atoms with Crippen LogP contribution >= 0.6 is 11.8 Å². The zero-order chi connectivity index (χ0) is 12.3. The lowest BCUT2D eigenvalue weighted by Crippen LogP contribution is -2.07. The molecule has 0 aliphatic heterocycles. The summed E-state index contributed by atoms with van der Waals surface area (Å²) < 4.78 is 4.65. The van der Waals surface area contributed by atoms with E-state index >= 15 is 0 Å². The first kappa shape index (κ1) is 12.2. The van der Waals surface area contributed by atoms with E-state index in [0.717, 1.165) is 5.03 Å². The van der Waals surface area contributed by atoms with E-state index in [0.29, 0.717) is 16.6 Å². The fraction of sp³-hybridized carbons (Fsp3) is 0.500. The number of anilines is 1. The van der Waals surface area contributed by atoms with Crippen LogP contribution < -0.4 is 5.73 Å². The molecule has 0 aromatic carbocycles. The molecule has 92 valence electrons. The molecule has 1 aliphatic carbocycles. The molecule has 0 bridgehead atoms. The third-order valence-corrected chi connectivity index (χ3v) is 4.22. The molecule has 2 rings (SSSR count). The predicted octanol–water partition coefficient (Wildman–Crippen LogP) is 2.49. The molecule has 1 saturated carbocycles. The van der Waals surface area contributed by atoms with E-state index in [1.54, 1.807) is 23.9 Å². The molecule has 1 aliphatic rings. The maximum absolute atomic E-state index is 11.4. The molecule has 17 heavy (non-hydrogen) atoms. The van der Waals surface area contributed by atoms with Crippen molar-refractivity contribution in [1.29, 1.82) is 0 Å². The summed E-state index contributed by atoms with van der Waals surface area (Å²) in [6, 6.07) is 3.32. The first-order chi connectivity index (χ1) is 8.20. The van der Waals surface area contributed by atoms with Crippen molar-refractivity contribution < 1.29 is 9.53 Å². The number of pyridine rings is 1. The Balaban J connectivity index is 2.16. The summed E-state index contributed by atoms with van der Waals surface area (Å²) in [6.07, 6.45) is 4.95. The van der Waals surface area contributed by atoms with Gasteiger partial charge in [0.1, 0.15) is 10.7 Å². The van der Waals surface area contributed by atoms with Crippen LogP contribution in [0.2, 0.25) is 0 Å². The van der Waals surface area contributed by atoms with Gasteiger partial charge < -0.3 is 10.5 Å². The standard InChI is InChI=1S/C12H16N2O2S/c1-16-12(15)10-7-6-9(13)11(14-10)17-8-4-2-3-5-8/h6-8H,2-5,13H2,1H3. The van der Waals surface area contributed by atoms with Gasteiger partial charge in [0.15, 0.2) is 0 Å². The number of methoxy groups -OCH3 is 1. The number of nitrogens with zero attached hydrogens (tertiary/aromatic N) is 1. The fourth-order valence-electron chi connectivity index (χ4n) is 1.93. The quantitative estimate of drug-likeness (QED) is 0.837. The number of aromatic nitrogens is 1. The van der Waals surface area contributed by atoms with Crippen LogP contribution in [0.1, 0.15) is 36.2 Å². The molecule has 0 radical (unpaired) electrons. The van der Waals surface area contributed by atoms with Gasteiger partial charge in [0.25, 0.3) is 0 Å². The lowest BCUT2D eigenvalue weighted by atomic mass is 10.3. The van der Waals surface area contributed by atoms with E-state index in [9.17, 15) is 4.79 Å². The van der Waals surface area contributed by atoms with Crippen LogP contribution in [0.5, 0.6) is 0 Å². The number of carbonyl (C=O) groups excluding carboxylic acids is 1. The minimum absolute atomic E-state index is 0.321.